The molecule has 136 valence electrons. The number of carboxylic acid groups (broad SMARTS) is 1. The Bertz CT molecular complexity index is 877. The SMILES string of the molecule is COCC1(C(=O)O)CCCN1C(=O)c1ccc(-c2ccccc2)[nH]c1=O. The summed E-state index contributed by atoms with van der Waals surface area (Å²) in [4.78, 5) is 41.1. The lowest BCUT2D eigenvalue weighted by molar-refractivity contribution is -0.151. The zero-order valence-electron chi connectivity index (χ0n) is 14.4. The Morgan fingerprint density at radius 3 is 2.58 bits per heavy atom. The first kappa shape index (κ1) is 17.9. The molecule has 7 nitrogen and oxygen atoms in total. The minimum Gasteiger partial charge on any atom is -0.479 e. The van der Waals surface area contributed by atoms with Crippen LogP contribution in [0.5, 0.6) is 0 Å². The van der Waals surface area contributed by atoms with Crippen LogP contribution in [0, 0.1) is 0 Å². The number of aliphatic carboxylic acids is 1. The number of likely N-dealkylation sites (tertiary alicyclic amines) is 1. The van der Waals surface area contributed by atoms with E-state index in [1.807, 2.05) is 30.3 Å². The van der Waals surface area contributed by atoms with Crippen molar-refractivity contribution in [3.8, 4) is 11.3 Å². The van der Waals surface area contributed by atoms with Gasteiger partial charge in [-0.1, -0.05) is 30.3 Å². The van der Waals surface area contributed by atoms with Crippen molar-refractivity contribution in [2.75, 3.05) is 20.3 Å². The van der Waals surface area contributed by atoms with Gasteiger partial charge in [0, 0.05) is 19.3 Å². The second-order valence-electron chi connectivity index (χ2n) is 6.31. The Labute approximate surface area is 150 Å². The summed E-state index contributed by atoms with van der Waals surface area (Å²) in [6.45, 7) is 0.155. The number of methoxy groups -OCH3 is 1. The Balaban J connectivity index is 1.95. The van der Waals surface area contributed by atoms with Crippen molar-refractivity contribution in [1.29, 1.82) is 0 Å². The number of hydrogen-bond acceptors (Lipinski definition) is 4. The van der Waals surface area contributed by atoms with Crippen molar-refractivity contribution in [2.45, 2.75) is 18.4 Å². The van der Waals surface area contributed by atoms with Crippen LogP contribution in [0.1, 0.15) is 23.2 Å². The number of aromatic nitrogens is 1. The van der Waals surface area contributed by atoms with Crippen molar-refractivity contribution in [1.82, 2.24) is 9.88 Å². The van der Waals surface area contributed by atoms with E-state index >= 15 is 0 Å². The molecule has 0 radical (unpaired) electrons. The number of pyridine rings is 1. The highest BCUT2D eigenvalue weighted by Gasteiger charge is 2.50. The average molecular weight is 356 g/mol. The van der Waals surface area contributed by atoms with E-state index in [4.69, 9.17) is 4.74 Å². The average Bonchev–Trinajstić information content (AvgIpc) is 3.07. The quantitative estimate of drug-likeness (QED) is 0.850. The molecule has 0 aliphatic carbocycles. The zero-order valence-corrected chi connectivity index (χ0v) is 14.4. The van der Waals surface area contributed by atoms with Gasteiger partial charge in [0.2, 0.25) is 0 Å². The maximum atomic E-state index is 12.9. The summed E-state index contributed by atoms with van der Waals surface area (Å²) in [5.41, 5.74) is -0.636. The van der Waals surface area contributed by atoms with Crippen LogP contribution in [-0.4, -0.2) is 52.7 Å². The number of hydrogen-bond donors (Lipinski definition) is 2. The van der Waals surface area contributed by atoms with E-state index < -0.39 is 23.0 Å². The molecule has 0 bridgehead atoms. The van der Waals surface area contributed by atoms with Gasteiger partial charge in [0.15, 0.2) is 5.54 Å². The summed E-state index contributed by atoms with van der Waals surface area (Å²) in [6, 6.07) is 12.4. The smallest absolute Gasteiger partial charge is 0.332 e. The van der Waals surface area contributed by atoms with Gasteiger partial charge >= 0.3 is 5.97 Å². The number of carbonyl (C=O) groups excluding carboxylic acids is 1. The van der Waals surface area contributed by atoms with Gasteiger partial charge in [-0.2, -0.15) is 0 Å². The second-order valence-corrected chi connectivity index (χ2v) is 6.31. The third-order valence-corrected chi connectivity index (χ3v) is 4.74. The number of nitrogens with zero attached hydrogens (tertiary/aromatic N) is 1. The number of benzene rings is 1. The van der Waals surface area contributed by atoms with Gasteiger partial charge in [-0.3, -0.25) is 9.59 Å². The number of H-pyrrole nitrogens is 1. The molecule has 1 atom stereocenters. The highest BCUT2D eigenvalue weighted by atomic mass is 16.5. The molecule has 0 spiro atoms. The third kappa shape index (κ3) is 3.01. The minimum atomic E-state index is -1.43. The fourth-order valence-electron chi connectivity index (χ4n) is 3.42. The predicted octanol–water partition coefficient (Wildman–Crippen LogP) is 1.75. The second kappa shape index (κ2) is 7.13. The molecule has 1 fully saturated rings. The maximum Gasteiger partial charge on any atom is 0.332 e. The Morgan fingerprint density at radius 1 is 1.23 bits per heavy atom. The lowest BCUT2D eigenvalue weighted by Crippen LogP contribution is -2.56. The number of nitrogens with one attached hydrogen (secondary N) is 1. The van der Waals surface area contributed by atoms with Crippen molar-refractivity contribution in [3.63, 3.8) is 0 Å². The molecule has 2 N–H and O–H groups in total. The topological polar surface area (TPSA) is 99.7 Å². The van der Waals surface area contributed by atoms with E-state index in [0.717, 1.165) is 5.56 Å². The molecule has 0 saturated carbocycles. The predicted molar refractivity (Wildman–Crippen MR) is 95.0 cm³/mol. The molecule has 1 amide bonds. The molecule has 1 aliphatic rings. The molecule has 26 heavy (non-hydrogen) atoms. The van der Waals surface area contributed by atoms with E-state index in [1.165, 1.54) is 18.1 Å². The van der Waals surface area contributed by atoms with Gasteiger partial charge in [-0.15, -0.1) is 0 Å². The first-order valence-electron chi connectivity index (χ1n) is 8.32. The minimum absolute atomic E-state index is 0.0756. The standard InChI is InChI=1S/C19H20N2O5/c1-26-12-19(18(24)25)10-5-11-21(19)17(23)14-8-9-15(20-16(14)22)13-6-3-2-4-7-13/h2-4,6-9H,5,10-12H2,1H3,(H,20,22)(H,24,25). The lowest BCUT2D eigenvalue weighted by atomic mass is 9.96. The van der Waals surface area contributed by atoms with Crippen LogP contribution in [0.15, 0.2) is 47.3 Å². The highest BCUT2D eigenvalue weighted by molar-refractivity contribution is 5.98. The largest absolute Gasteiger partial charge is 0.479 e. The van der Waals surface area contributed by atoms with Crippen LogP contribution in [0.2, 0.25) is 0 Å². The van der Waals surface area contributed by atoms with Crippen LogP contribution in [0.4, 0.5) is 0 Å². The molecule has 1 unspecified atom stereocenters. The number of carbonyl (C=O) groups is 2. The fourth-order valence-corrected chi connectivity index (χ4v) is 3.42. The fraction of sp³-hybridized carbons (Fsp3) is 0.316. The Kier molecular flexibility index (Phi) is 4.90. The first-order valence-corrected chi connectivity index (χ1v) is 8.32. The molecular weight excluding hydrogens is 336 g/mol. The van der Waals surface area contributed by atoms with Crippen molar-refractivity contribution in [2.24, 2.45) is 0 Å². The number of carboxylic acids is 1. The number of aromatic amines is 1. The van der Waals surface area contributed by atoms with Gasteiger partial charge in [0.25, 0.3) is 11.5 Å². The third-order valence-electron chi connectivity index (χ3n) is 4.74. The van der Waals surface area contributed by atoms with E-state index in [0.29, 0.717) is 18.5 Å². The molecule has 1 aromatic heterocycles. The van der Waals surface area contributed by atoms with Crippen LogP contribution < -0.4 is 5.56 Å². The number of rotatable bonds is 5. The van der Waals surface area contributed by atoms with E-state index in [-0.39, 0.29) is 18.7 Å². The summed E-state index contributed by atoms with van der Waals surface area (Å²) < 4.78 is 5.05. The monoisotopic (exact) mass is 356 g/mol. The van der Waals surface area contributed by atoms with E-state index in [1.54, 1.807) is 6.07 Å². The highest BCUT2D eigenvalue weighted by Crippen LogP contribution is 2.31. The zero-order chi connectivity index (χ0) is 18.7. The van der Waals surface area contributed by atoms with Gasteiger partial charge in [-0.05, 0) is 30.5 Å². The van der Waals surface area contributed by atoms with Crippen LogP contribution in [0.25, 0.3) is 11.3 Å². The van der Waals surface area contributed by atoms with Gasteiger partial charge in [-0.25, -0.2) is 4.79 Å². The van der Waals surface area contributed by atoms with Crippen LogP contribution >= 0.6 is 0 Å². The molecule has 3 rings (SSSR count). The Hall–Kier alpha value is -2.93. The van der Waals surface area contributed by atoms with Crippen LogP contribution in [0.3, 0.4) is 0 Å². The Morgan fingerprint density at radius 2 is 1.96 bits per heavy atom. The summed E-state index contributed by atoms with van der Waals surface area (Å²) >= 11 is 0. The number of ether oxygens (including phenoxy) is 1. The van der Waals surface area contributed by atoms with Crippen molar-refractivity contribution in [3.05, 3.63) is 58.4 Å². The normalized spacial score (nSPS) is 19.5. The van der Waals surface area contributed by atoms with E-state index in [9.17, 15) is 19.5 Å². The summed E-state index contributed by atoms with van der Waals surface area (Å²) in [5.74, 6) is -1.72. The lowest BCUT2D eigenvalue weighted by Gasteiger charge is -2.33. The molecule has 7 heteroatoms. The van der Waals surface area contributed by atoms with Crippen molar-refractivity contribution >= 4 is 11.9 Å². The molecular formula is C19H20N2O5. The maximum absolute atomic E-state index is 12.9. The molecule has 1 aliphatic heterocycles. The summed E-state index contributed by atoms with van der Waals surface area (Å²) in [5, 5.41) is 9.66. The summed E-state index contributed by atoms with van der Waals surface area (Å²) in [7, 11) is 1.40. The van der Waals surface area contributed by atoms with Gasteiger partial charge in [0.05, 0.1) is 6.61 Å². The molecule has 1 saturated heterocycles. The van der Waals surface area contributed by atoms with Gasteiger partial charge in [0.1, 0.15) is 5.56 Å². The van der Waals surface area contributed by atoms with Crippen LogP contribution in [-0.2, 0) is 9.53 Å². The molecule has 1 aromatic carbocycles. The van der Waals surface area contributed by atoms with Crippen molar-refractivity contribution < 1.29 is 19.4 Å². The van der Waals surface area contributed by atoms with E-state index in [2.05, 4.69) is 4.98 Å². The first-order chi connectivity index (χ1) is 12.5. The summed E-state index contributed by atoms with van der Waals surface area (Å²) in [6.07, 6.45) is 0.837. The molecule has 2 heterocycles. The molecule has 2 aromatic rings. The number of amides is 1. The van der Waals surface area contributed by atoms with Gasteiger partial charge < -0.3 is 19.7 Å².